The monoisotopic (exact) mass is 800 g/mol. The van der Waals surface area contributed by atoms with Crippen LogP contribution in [0, 0.1) is 11.3 Å². The van der Waals surface area contributed by atoms with E-state index in [4.69, 9.17) is 9.97 Å². The van der Waals surface area contributed by atoms with E-state index in [0.29, 0.717) is 11.4 Å². The Labute approximate surface area is 366 Å². The molecule has 0 aliphatic heterocycles. The Hall–Kier alpha value is -8.52. The van der Waals surface area contributed by atoms with E-state index >= 15 is 0 Å². The number of hydrogen-bond donors (Lipinski definition) is 0. The molecule has 10 aromatic rings. The molecule has 8 aromatic carbocycles. The third kappa shape index (κ3) is 5.86. The summed E-state index contributed by atoms with van der Waals surface area (Å²) in [5.74, 6) is 0.642. The number of benzene rings is 8. The van der Waals surface area contributed by atoms with E-state index in [0.717, 1.165) is 67.0 Å². The van der Waals surface area contributed by atoms with Gasteiger partial charge in [-0.05, 0) is 132 Å². The molecule has 4 nitrogen and oxygen atoms in total. The van der Waals surface area contributed by atoms with Gasteiger partial charge in [-0.25, -0.2) is 9.97 Å². The Morgan fingerprint density at radius 1 is 0.333 bits per heavy atom. The van der Waals surface area contributed by atoms with Crippen molar-refractivity contribution in [3.63, 3.8) is 0 Å². The van der Waals surface area contributed by atoms with Gasteiger partial charge in [0.2, 0.25) is 0 Å². The molecule has 2 aliphatic rings. The van der Waals surface area contributed by atoms with E-state index in [1.807, 2.05) is 30.6 Å². The maximum absolute atomic E-state index is 10.2. The molecule has 12 rings (SSSR count). The fourth-order valence-corrected chi connectivity index (χ4v) is 9.97. The predicted octanol–water partition coefficient (Wildman–Crippen LogP) is 14.1. The van der Waals surface area contributed by atoms with Gasteiger partial charge >= 0.3 is 0 Å². The van der Waals surface area contributed by atoms with E-state index in [1.54, 1.807) is 0 Å². The van der Waals surface area contributed by atoms with Crippen molar-refractivity contribution in [2.75, 3.05) is 0 Å². The highest BCUT2D eigenvalue weighted by Crippen LogP contribution is 2.63. The zero-order valence-electron chi connectivity index (χ0n) is 34.1. The largest absolute Gasteiger partial charge is 0.265 e. The SMILES string of the molecule is N#Cc1ccc2c(c1)C1(c3ccccc3-c3ccccc31)c1cc(-c3cc(-c4ccncc4)cc(-c4nc(-c5ccccc5)cc(-c5ccc(-c6ccccc6)cc5)n4)c3)ccc1-2. The summed E-state index contributed by atoms with van der Waals surface area (Å²) in [5.41, 5.74) is 20.9. The van der Waals surface area contributed by atoms with Crippen LogP contribution in [-0.4, -0.2) is 15.0 Å². The van der Waals surface area contributed by atoms with Crippen molar-refractivity contribution in [1.82, 2.24) is 15.0 Å². The highest BCUT2D eigenvalue weighted by molar-refractivity contribution is 5.96. The van der Waals surface area contributed by atoms with Gasteiger partial charge in [0.05, 0.1) is 28.4 Å². The van der Waals surface area contributed by atoms with Crippen LogP contribution in [-0.2, 0) is 5.41 Å². The van der Waals surface area contributed by atoms with Gasteiger partial charge in [-0.2, -0.15) is 5.26 Å². The minimum Gasteiger partial charge on any atom is -0.265 e. The molecule has 0 saturated carbocycles. The molecule has 0 amide bonds. The summed E-state index contributed by atoms with van der Waals surface area (Å²) in [4.78, 5) is 15.0. The normalized spacial score (nSPS) is 12.6. The predicted molar refractivity (Wildman–Crippen MR) is 253 cm³/mol. The van der Waals surface area contributed by atoms with Crippen molar-refractivity contribution >= 4 is 0 Å². The molecule has 0 N–H and O–H groups in total. The standard InChI is InChI=1S/C59H36N4/c60-37-38-19-25-50-51-26-24-44(35-55(51)59(54(50)31-38)52-17-9-7-15-48(52)49-16-8-10-18-53(49)59)46-32-45(41-27-29-61-30-28-41)33-47(34-46)58-62-56(42-13-5-2-6-14-42)36-57(63-58)43-22-20-40(21-23-43)39-11-3-1-4-12-39/h1-36H. The number of rotatable bonds is 6. The molecule has 4 heteroatoms. The lowest BCUT2D eigenvalue weighted by Crippen LogP contribution is -2.26. The lowest BCUT2D eigenvalue weighted by molar-refractivity contribution is 0.793. The Morgan fingerprint density at radius 3 is 1.44 bits per heavy atom. The van der Waals surface area contributed by atoms with Crippen LogP contribution in [0.25, 0.3) is 89.5 Å². The number of fused-ring (bicyclic) bond motifs is 10. The molecule has 0 bridgehead atoms. The minimum absolute atomic E-state index is 0.593. The number of pyridine rings is 1. The fourth-order valence-electron chi connectivity index (χ4n) is 9.97. The van der Waals surface area contributed by atoms with Crippen LogP contribution in [0.3, 0.4) is 0 Å². The quantitative estimate of drug-likeness (QED) is 0.168. The van der Waals surface area contributed by atoms with Crippen molar-refractivity contribution in [2.24, 2.45) is 0 Å². The third-order valence-corrected chi connectivity index (χ3v) is 12.8. The molecule has 1 spiro atoms. The first kappa shape index (κ1) is 36.3. The van der Waals surface area contributed by atoms with Crippen molar-refractivity contribution in [3.8, 4) is 95.6 Å². The second-order valence-electron chi connectivity index (χ2n) is 16.3. The van der Waals surface area contributed by atoms with Gasteiger partial charge in [-0.1, -0.05) is 152 Å². The molecule has 0 fully saturated rings. The van der Waals surface area contributed by atoms with Crippen LogP contribution >= 0.6 is 0 Å². The van der Waals surface area contributed by atoms with E-state index in [1.165, 1.54) is 38.9 Å². The highest BCUT2D eigenvalue weighted by atomic mass is 14.9. The maximum atomic E-state index is 10.2. The van der Waals surface area contributed by atoms with Gasteiger partial charge in [-0.15, -0.1) is 0 Å². The zero-order chi connectivity index (χ0) is 41.9. The van der Waals surface area contributed by atoms with Crippen LogP contribution in [0.1, 0.15) is 27.8 Å². The van der Waals surface area contributed by atoms with Crippen LogP contribution in [0.5, 0.6) is 0 Å². The van der Waals surface area contributed by atoms with E-state index in [9.17, 15) is 5.26 Å². The third-order valence-electron chi connectivity index (χ3n) is 12.8. The van der Waals surface area contributed by atoms with E-state index in [-0.39, 0.29) is 0 Å². The summed E-state index contributed by atoms with van der Waals surface area (Å²) in [6, 6.07) is 75.4. The molecule has 2 aliphatic carbocycles. The molecule has 0 radical (unpaired) electrons. The Kier molecular flexibility index (Phi) is 8.42. The summed E-state index contributed by atoms with van der Waals surface area (Å²) in [5, 5.41) is 10.2. The molecule has 292 valence electrons. The molecular weight excluding hydrogens is 765 g/mol. The average molecular weight is 801 g/mol. The van der Waals surface area contributed by atoms with Gasteiger partial charge in [0, 0.05) is 29.1 Å². The van der Waals surface area contributed by atoms with Gasteiger partial charge in [0.1, 0.15) is 0 Å². The first-order valence-corrected chi connectivity index (χ1v) is 21.2. The summed E-state index contributed by atoms with van der Waals surface area (Å²) < 4.78 is 0. The first-order valence-electron chi connectivity index (χ1n) is 21.2. The summed E-state index contributed by atoms with van der Waals surface area (Å²) in [6.07, 6.45) is 3.68. The van der Waals surface area contributed by atoms with Crippen molar-refractivity contribution in [1.29, 1.82) is 5.26 Å². The maximum Gasteiger partial charge on any atom is 0.160 e. The second kappa shape index (κ2) is 14.6. The number of nitriles is 1. The van der Waals surface area contributed by atoms with Crippen molar-refractivity contribution in [2.45, 2.75) is 5.41 Å². The Bertz CT molecular complexity index is 3400. The molecule has 2 aromatic heterocycles. The lowest BCUT2D eigenvalue weighted by Gasteiger charge is -2.30. The molecule has 63 heavy (non-hydrogen) atoms. The van der Waals surface area contributed by atoms with Gasteiger partial charge < -0.3 is 0 Å². The average Bonchev–Trinajstić information content (AvgIpc) is 3.83. The Balaban J connectivity index is 1.07. The van der Waals surface area contributed by atoms with Crippen LogP contribution < -0.4 is 0 Å². The molecular formula is C59H36N4. The van der Waals surface area contributed by atoms with E-state index in [2.05, 4.69) is 199 Å². The van der Waals surface area contributed by atoms with Crippen molar-refractivity contribution < 1.29 is 0 Å². The smallest absolute Gasteiger partial charge is 0.160 e. The number of hydrogen-bond acceptors (Lipinski definition) is 4. The van der Waals surface area contributed by atoms with E-state index < -0.39 is 5.41 Å². The topological polar surface area (TPSA) is 62.5 Å². The highest BCUT2D eigenvalue weighted by Gasteiger charge is 2.51. The van der Waals surface area contributed by atoms with Gasteiger partial charge in [-0.3, -0.25) is 4.98 Å². The van der Waals surface area contributed by atoms with Crippen LogP contribution in [0.15, 0.2) is 219 Å². The van der Waals surface area contributed by atoms with Crippen LogP contribution in [0.2, 0.25) is 0 Å². The van der Waals surface area contributed by atoms with Crippen LogP contribution in [0.4, 0.5) is 0 Å². The zero-order valence-corrected chi connectivity index (χ0v) is 34.1. The van der Waals surface area contributed by atoms with Crippen molar-refractivity contribution in [3.05, 3.63) is 246 Å². The lowest BCUT2D eigenvalue weighted by atomic mass is 9.70. The molecule has 0 saturated heterocycles. The summed E-state index contributed by atoms with van der Waals surface area (Å²) in [6.45, 7) is 0. The van der Waals surface area contributed by atoms with Gasteiger partial charge in [0.25, 0.3) is 0 Å². The summed E-state index contributed by atoms with van der Waals surface area (Å²) in [7, 11) is 0. The molecule has 0 unspecified atom stereocenters. The summed E-state index contributed by atoms with van der Waals surface area (Å²) >= 11 is 0. The molecule has 2 heterocycles. The minimum atomic E-state index is -0.593. The first-order chi connectivity index (χ1) is 31.2. The number of aromatic nitrogens is 3. The van der Waals surface area contributed by atoms with Gasteiger partial charge in [0.15, 0.2) is 5.82 Å². The fraction of sp³-hybridized carbons (Fsp3) is 0.0169. The Morgan fingerprint density at radius 2 is 0.794 bits per heavy atom. The second-order valence-corrected chi connectivity index (χ2v) is 16.3. The number of nitrogens with zero attached hydrogens (tertiary/aromatic N) is 4. The molecule has 0 atom stereocenters.